The molecule has 2 aliphatic rings. The molecule has 5 amide bonds. The lowest BCUT2D eigenvalue weighted by Crippen LogP contribution is -2.42. The van der Waals surface area contributed by atoms with Crippen LogP contribution < -0.4 is 31.9 Å². The number of carbonyl (C=O) groups excluding carboxylic acids is 4. The monoisotopic (exact) mass is 675 g/mol. The fourth-order valence-corrected chi connectivity index (χ4v) is 5.71. The molecule has 2 aliphatic heterocycles. The van der Waals surface area contributed by atoms with Crippen LogP contribution in [-0.2, 0) is 14.4 Å². The zero-order valence-corrected chi connectivity index (χ0v) is 28.0. The number of aliphatic imine (C=N–C) groups is 1. The molecular weight excluding hydrogens is 630 g/mol. The maximum atomic E-state index is 13.4. The number of anilines is 2. The number of nitrogens with two attached hydrogens (primary N) is 1. The van der Waals surface area contributed by atoms with Gasteiger partial charge in [-0.2, -0.15) is 0 Å². The van der Waals surface area contributed by atoms with Crippen molar-refractivity contribution in [1.82, 2.24) is 25.8 Å². The minimum Gasteiger partial charge on any atom is -0.465 e. The van der Waals surface area contributed by atoms with Gasteiger partial charge in [0.1, 0.15) is 11.7 Å². The predicted molar refractivity (Wildman–Crippen MR) is 187 cm³/mol. The van der Waals surface area contributed by atoms with Crippen molar-refractivity contribution in [3.05, 3.63) is 53.2 Å². The molecule has 1 fully saturated rings. The number of hydrogen-bond donors (Lipinski definition) is 6. The molecular formula is C34H45N9O6. The molecule has 1 saturated heterocycles. The van der Waals surface area contributed by atoms with Gasteiger partial charge in [0.05, 0.1) is 17.6 Å². The van der Waals surface area contributed by atoms with Crippen LogP contribution in [0.4, 0.5) is 22.0 Å². The molecule has 0 bridgehead atoms. The van der Waals surface area contributed by atoms with Gasteiger partial charge in [-0.3, -0.25) is 19.2 Å². The Kier molecular flexibility index (Phi) is 13.1. The van der Waals surface area contributed by atoms with Gasteiger partial charge in [0.25, 0.3) is 5.91 Å². The highest BCUT2D eigenvalue weighted by atomic mass is 16.4. The van der Waals surface area contributed by atoms with Crippen LogP contribution in [-0.4, -0.2) is 96.4 Å². The van der Waals surface area contributed by atoms with Crippen molar-refractivity contribution in [1.29, 1.82) is 0 Å². The van der Waals surface area contributed by atoms with E-state index in [9.17, 15) is 24.0 Å². The molecule has 3 heterocycles. The molecule has 2 aromatic rings. The van der Waals surface area contributed by atoms with E-state index in [1.165, 1.54) is 6.92 Å². The summed E-state index contributed by atoms with van der Waals surface area (Å²) in [7, 11) is 0. The van der Waals surface area contributed by atoms with Gasteiger partial charge in [-0.25, -0.2) is 14.8 Å². The van der Waals surface area contributed by atoms with Gasteiger partial charge in [0.2, 0.25) is 17.7 Å². The summed E-state index contributed by atoms with van der Waals surface area (Å²) >= 11 is 0. The molecule has 1 aromatic heterocycles. The molecule has 0 radical (unpaired) electrons. The molecule has 15 heteroatoms. The van der Waals surface area contributed by atoms with E-state index in [1.807, 2.05) is 13.0 Å². The molecule has 15 nitrogen and oxygen atoms in total. The van der Waals surface area contributed by atoms with Crippen molar-refractivity contribution in [2.45, 2.75) is 46.0 Å². The summed E-state index contributed by atoms with van der Waals surface area (Å²) < 4.78 is 0. The number of amidine groups is 1. The zero-order valence-electron chi connectivity index (χ0n) is 28.0. The first kappa shape index (κ1) is 36.4. The first-order valence-electron chi connectivity index (χ1n) is 16.5. The Bertz CT molecular complexity index is 1580. The Labute approximate surface area is 285 Å². The largest absolute Gasteiger partial charge is 0.465 e. The molecule has 0 atom stereocenters. The molecule has 49 heavy (non-hydrogen) atoms. The van der Waals surface area contributed by atoms with Crippen molar-refractivity contribution in [3.8, 4) is 0 Å². The maximum absolute atomic E-state index is 13.4. The normalized spacial score (nSPS) is 14.4. The third-order valence-corrected chi connectivity index (χ3v) is 8.19. The first-order chi connectivity index (χ1) is 23.5. The van der Waals surface area contributed by atoms with Crippen LogP contribution in [0.3, 0.4) is 0 Å². The van der Waals surface area contributed by atoms with Gasteiger partial charge in [0.15, 0.2) is 0 Å². The minimum atomic E-state index is -1.10. The van der Waals surface area contributed by atoms with E-state index in [0.29, 0.717) is 86.6 Å². The lowest BCUT2D eigenvalue weighted by Gasteiger charge is -2.32. The van der Waals surface area contributed by atoms with Gasteiger partial charge in [0, 0.05) is 81.8 Å². The number of carbonyl (C=O) groups is 5. The fourth-order valence-electron chi connectivity index (χ4n) is 5.71. The number of amides is 5. The van der Waals surface area contributed by atoms with Crippen LogP contribution in [0.5, 0.6) is 0 Å². The van der Waals surface area contributed by atoms with Crippen molar-refractivity contribution >= 4 is 58.8 Å². The molecule has 7 N–H and O–H groups in total. The van der Waals surface area contributed by atoms with Gasteiger partial charge < -0.3 is 41.9 Å². The molecule has 0 spiro atoms. The zero-order chi connectivity index (χ0) is 35.3. The first-order valence-corrected chi connectivity index (χ1v) is 16.5. The summed E-state index contributed by atoms with van der Waals surface area (Å²) in [6.07, 6.45) is 4.97. The number of nitrogens with zero attached hydrogens (tertiary/aromatic N) is 4. The number of hydrogen-bond acceptors (Lipinski definition) is 9. The van der Waals surface area contributed by atoms with Crippen molar-refractivity contribution < 1.29 is 29.1 Å². The smallest absolute Gasteiger partial charge is 0.404 e. The van der Waals surface area contributed by atoms with Crippen LogP contribution in [0.1, 0.15) is 61.9 Å². The molecule has 0 saturated carbocycles. The highest BCUT2D eigenvalue weighted by Crippen LogP contribution is 2.29. The van der Waals surface area contributed by atoms with Crippen molar-refractivity contribution in [2.75, 3.05) is 56.0 Å². The highest BCUT2D eigenvalue weighted by Gasteiger charge is 2.26. The number of rotatable bonds is 14. The molecule has 262 valence electrons. The van der Waals surface area contributed by atoms with Crippen molar-refractivity contribution in [2.24, 2.45) is 16.6 Å². The Morgan fingerprint density at radius 2 is 1.76 bits per heavy atom. The predicted octanol–water partition coefficient (Wildman–Crippen LogP) is 2.47. The minimum absolute atomic E-state index is 0.00884. The number of benzene rings is 1. The molecule has 1 aromatic carbocycles. The number of pyridine rings is 1. The average molecular weight is 676 g/mol. The highest BCUT2D eigenvalue weighted by molar-refractivity contribution is 6.08. The Morgan fingerprint density at radius 3 is 2.43 bits per heavy atom. The summed E-state index contributed by atoms with van der Waals surface area (Å²) in [5, 5.41) is 19.5. The Balaban J connectivity index is 1.34. The second kappa shape index (κ2) is 17.6. The number of aromatic nitrogens is 1. The van der Waals surface area contributed by atoms with Gasteiger partial charge >= 0.3 is 6.09 Å². The quantitative estimate of drug-likeness (QED) is 0.162. The third kappa shape index (κ3) is 10.8. The lowest BCUT2D eigenvalue weighted by molar-refractivity contribution is -0.127. The fraction of sp³-hybridized carbons (Fsp3) is 0.441. The van der Waals surface area contributed by atoms with Crippen LogP contribution in [0, 0.1) is 5.92 Å². The van der Waals surface area contributed by atoms with Crippen LogP contribution in [0.25, 0.3) is 6.08 Å². The van der Waals surface area contributed by atoms with Crippen LogP contribution in [0.15, 0.2) is 47.1 Å². The second-order valence-corrected chi connectivity index (χ2v) is 12.0. The Hall–Kier alpha value is -5.47. The molecule has 0 aliphatic carbocycles. The second-order valence-electron chi connectivity index (χ2n) is 12.0. The van der Waals surface area contributed by atoms with E-state index >= 15 is 0 Å². The van der Waals surface area contributed by atoms with E-state index in [2.05, 4.69) is 36.1 Å². The van der Waals surface area contributed by atoms with Gasteiger partial charge in [-0.05, 0) is 56.0 Å². The lowest BCUT2D eigenvalue weighted by atomic mass is 9.96. The van der Waals surface area contributed by atoms with Crippen LogP contribution >= 0.6 is 0 Å². The number of fused-ring (bicyclic) bond motifs is 1. The average Bonchev–Trinajstić information content (AvgIpc) is 3.25. The number of piperidine rings is 1. The van der Waals surface area contributed by atoms with Gasteiger partial charge in [-0.15, -0.1) is 0 Å². The number of carboxylic acid groups (broad SMARTS) is 1. The SMILES string of the molecule is CCCN(CCCNC(=O)O)C(=O)C1=Cc2ccc(C(=O)Nc3ccc(N4CCC(C(=O)NCCNC(C)=O)CC4)nc3)cc2N=C(N)C1. The number of nitrogens with one attached hydrogen (secondary N) is 4. The summed E-state index contributed by atoms with van der Waals surface area (Å²) in [6.45, 7) is 6.69. The summed E-state index contributed by atoms with van der Waals surface area (Å²) in [4.78, 5) is 73.6. The summed E-state index contributed by atoms with van der Waals surface area (Å²) in [5.74, 6) is 0.221. The standard InChI is InChI=1S/C34H45N9O6/c1-3-14-43(15-4-11-38-34(48)49)33(47)26-18-24-5-6-25(19-28(24)41-29(35)20-26)32(46)40-27-7-8-30(39-21-27)42-16-9-23(10-17-42)31(45)37-13-12-36-22(2)44/h5-8,18-19,21,23,38H,3-4,9-17,20H2,1-2H3,(H2,35,41)(H,36,44)(H,37,45)(H,40,46)(H,48,49). The van der Waals surface area contributed by atoms with E-state index in [0.717, 1.165) is 12.2 Å². The van der Waals surface area contributed by atoms with Crippen molar-refractivity contribution in [3.63, 3.8) is 0 Å². The summed E-state index contributed by atoms with van der Waals surface area (Å²) in [5.41, 5.74) is 8.67. The third-order valence-electron chi connectivity index (χ3n) is 8.19. The van der Waals surface area contributed by atoms with E-state index in [1.54, 1.807) is 41.4 Å². The molecule has 0 unspecified atom stereocenters. The summed E-state index contributed by atoms with van der Waals surface area (Å²) in [6, 6.07) is 8.63. The maximum Gasteiger partial charge on any atom is 0.404 e. The van der Waals surface area contributed by atoms with Crippen LogP contribution in [0.2, 0.25) is 0 Å². The van der Waals surface area contributed by atoms with E-state index in [4.69, 9.17) is 10.8 Å². The van der Waals surface area contributed by atoms with E-state index in [-0.39, 0.29) is 48.3 Å². The topological polar surface area (TPSA) is 211 Å². The van der Waals surface area contributed by atoms with E-state index < -0.39 is 6.09 Å². The Morgan fingerprint density at radius 1 is 1.00 bits per heavy atom. The van der Waals surface area contributed by atoms with Gasteiger partial charge in [-0.1, -0.05) is 13.0 Å². The molecule has 4 rings (SSSR count).